The van der Waals surface area contributed by atoms with Crippen LogP contribution >= 0.6 is 0 Å². The van der Waals surface area contributed by atoms with Crippen molar-refractivity contribution >= 4 is 17.7 Å². The Kier molecular flexibility index (Phi) is 4.61. The SMILES string of the molecule is Cc1ccc(NC(=O)NC2CCCCC2)c(C(=O)O)c1. The molecule has 0 spiro atoms. The number of carboxylic acids is 1. The van der Waals surface area contributed by atoms with Crippen molar-refractivity contribution in [2.75, 3.05) is 5.32 Å². The fraction of sp³-hybridized carbons (Fsp3) is 0.467. The molecule has 1 aromatic rings. The summed E-state index contributed by atoms with van der Waals surface area (Å²) >= 11 is 0. The van der Waals surface area contributed by atoms with Gasteiger partial charge < -0.3 is 15.7 Å². The Morgan fingerprint density at radius 3 is 2.55 bits per heavy atom. The van der Waals surface area contributed by atoms with Crippen molar-refractivity contribution in [2.24, 2.45) is 0 Å². The topological polar surface area (TPSA) is 78.4 Å². The molecular weight excluding hydrogens is 256 g/mol. The Balaban J connectivity index is 2.01. The molecule has 0 unspecified atom stereocenters. The van der Waals surface area contributed by atoms with Crippen LogP contribution < -0.4 is 10.6 Å². The second kappa shape index (κ2) is 6.41. The molecule has 1 aromatic carbocycles. The molecule has 1 aliphatic rings. The molecule has 1 saturated carbocycles. The molecule has 108 valence electrons. The number of carboxylic acid groups (broad SMARTS) is 1. The number of carbonyl (C=O) groups is 2. The summed E-state index contributed by atoms with van der Waals surface area (Å²) in [5.41, 5.74) is 1.29. The van der Waals surface area contributed by atoms with E-state index in [9.17, 15) is 9.59 Å². The van der Waals surface area contributed by atoms with Crippen LogP contribution in [0.5, 0.6) is 0 Å². The number of anilines is 1. The van der Waals surface area contributed by atoms with Crippen LogP contribution in [0, 0.1) is 6.92 Å². The van der Waals surface area contributed by atoms with Gasteiger partial charge in [-0.2, -0.15) is 0 Å². The summed E-state index contributed by atoms with van der Waals surface area (Å²) in [6.07, 6.45) is 5.48. The van der Waals surface area contributed by atoms with Crippen LogP contribution in [-0.4, -0.2) is 23.1 Å². The molecule has 1 fully saturated rings. The average molecular weight is 276 g/mol. The van der Waals surface area contributed by atoms with E-state index in [0.29, 0.717) is 5.69 Å². The van der Waals surface area contributed by atoms with Gasteiger partial charge in [-0.05, 0) is 31.9 Å². The highest BCUT2D eigenvalue weighted by Crippen LogP contribution is 2.19. The van der Waals surface area contributed by atoms with E-state index >= 15 is 0 Å². The van der Waals surface area contributed by atoms with Gasteiger partial charge in [-0.25, -0.2) is 9.59 Å². The minimum atomic E-state index is -1.04. The maximum absolute atomic E-state index is 11.9. The third-order valence-electron chi connectivity index (χ3n) is 3.59. The highest BCUT2D eigenvalue weighted by atomic mass is 16.4. The number of carbonyl (C=O) groups excluding carboxylic acids is 1. The first kappa shape index (κ1) is 14.4. The van der Waals surface area contributed by atoms with Crippen molar-refractivity contribution < 1.29 is 14.7 Å². The first-order valence-electron chi connectivity index (χ1n) is 6.98. The van der Waals surface area contributed by atoms with E-state index < -0.39 is 5.97 Å². The van der Waals surface area contributed by atoms with E-state index in [4.69, 9.17) is 5.11 Å². The van der Waals surface area contributed by atoms with E-state index in [1.165, 1.54) is 6.42 Å². The van der Waals surface area contributed by atoms with Gasteiger partial charge in [0.2, 0.25) is 0 Å². The van der Waals surface area contributed by atoms with E-state index in [-0.39, 0.29) is 17.6 Å². The predicted molar refractivity (Wildman–Crippen MR) is 77.2 cm³/mol. The molecule has 1 aliphatic carbocycles. The van der Waals surface area contributed by atoms with Crippen LogP contribution in [0.4, 0.5) is 10.5 Å². The number of urea groups is 1. The number of aryl methyl sites for hydroxylation is 1. The van der Waals surface area contributed by atoms with Crippen molar-refractivity contribution in [1.82, 2.24) is 5.32 Å². The van der Waals surface area contributed by atoms with Gasteiger partial charge in [-0.3, -0.25) is 0 Å². The number of nitrogens with one attached hydrogen (secondary N) is 2. The van der Waals surface area contributed by atoms with Gasteiger partial charge in [0.15, 0.2) is 0 Å². The van der Waals surface area contributed by atoms with Crippen molar-refractivity contribution in [3.63, 3.8) is 0 Å². The van der Waals surface area contributed by atoms with E-state index in [0.717, 1.165) is 31.2 Å². The lowest BCUT2D eigenvalue weighted by molar-refractivity contribution is 0.0698. The monoisotopic (exact) mass is 276 g/mol. The number of rotatable bonds is 3. The first-order valence-corrected chi connectivity index (χ1v) is 6.98. The van der Waals surface area contributed by atoms with Gasteiger partial charge in [0.05, 0.1) is 11.3 Å². The summed E-state index contributed by atoms with van der Waals surface area (Å²) in [4.78, 5) is 23.1. The number of benzene rings is 1. The van der Waals surface area contributed by atoms with E-state index in [1.54, 1.807) is 18.2 Å². The molecule has 20 heavy (non-hydrogen) atoms. The molecule has 5 heteroatoms. The van der Waals surface area contributed by atoms with E-state index in [2.05, 4.69) is 10.6 Å². The maximum Gasteiger partial charge on any atom is 0.337 e. The first-order chi connectivity index (χ1) is 9.56. The zero-order chi connectivity index (χ0) is 14.5. The molecule has 0 aromatic heterocycles. The predicted octanol–water partition coefficient (Wildman–Crippen LogP) is 3.15. The van der Waals surface area contributed by atoms with Gasteiger partial charge in [0, 0.05) is 6.04 Å². The molecule has 0 saturated heterocycles. The summed E-state index contributed by atoms with van der Waals surface area (Å²) in [6, 6.07) is 4.83. The van der Waals surface area contributed by atoms with Gasteiger partial charge in [-0.1, -0.05) is 30.9 Å². The van der Waals surface area contributed by atoms with Crippen LogP contribution in [0.2, 0.25) is 0 Å². The largest absolute Gasteiger partial charge is 0.478 e. The number of amides is 2. The maximum atomic E-state index is 11.9. The molecule has 3 N–H and O–H groups in total. The Labute approximate surface area is 118 Å². The molecule has 2 amide bonds. The van der Waals surface area contributed by atoms with E-state index in [1.807, 2.05) is 6.92 Å². The smallest absolute Gasteiger partial charge is 0.337 e. The number of aromatic carboxylic acids is 1. The van der Waals surface area contributed by atoms with Crippen LogP contribution in [-0.2, 0) is 0 Å². The van der Waals surface area contributed by atoms with Crippen molar-refractivity contribution in [2.45, 2.75) is 45.1 Å². The fourth-order valence-corrected chi connectivity index (χ4v) is 2.53. The summed E-state index contributed by atoms with van der Waals surface area (Å²) < 4.78 is 0. The lowest BCUT2D eigenvalue weighted by Crippen LogP contribution is -2.39. The van der Waals surface area contributed by atoms with Crippen molar-refractivity contribution in [3.05, 3.63) is 29.3 Å². The Morgan fingerprint density at radius 2 is 1.90 bits per heavy atom. The number of hydrogen-bond acceptors (Lipinski definition) is 2. The second-order valence-electron chi connectivity index (χ2n) is 5.29. The lowest BCUT2D eigenvalue weighted by Gasteiger charge is -2.23. The summed E-state index contributed by atoms with van der Waals surface area (Å²) in [6.45, 7) is 1.82. The Morgan fingerprint density at radius 1 is 1.20 bits per heavy atom. The van der Waals surface area contributed by atoms with Crippen molar-refractivity contribution in [3.8, 4) is 0 Å². The second-order valence-corrected chi connectivity index (χ2v) is 5.29. The zero-order valence-electron chi connectivity index (χ0n) is 11.6. The van der Waals surface area contributed by atoms with Crippen LogP contribution in [0.1, 0.15) is 48.0 Å². The van der Waals surface area contributed by atoms with Gasteiger partial charge in [-0.15, -0.1) is 0 Å². The van der Waals surface area contributed by atoms with Gasteiger partial charge in [0.25, 0.3) is 0 Å². The Bertz CT molecular complexity index is 508. The van der Waals surface area contributed by atoms with Crippen LogP contribution in [0.15, 0.2) is 18.2 Å². The molecule has 0 bridgehead atoms. The zero-order valence-corrected chi connectivity index (χ0v) is 11.6. The molecule has 2 rings (SSSR count). The molecular formula is C15H20N2O3. The highest BCUT2D eigenvalue weighted by Gasteiger charge is 2.17. The fourth-order valence-electron chi connectivity index (χ4n) is 2.53. The highest BCUT2D eigenvalue weighted by molar-refractivity contribution is 6.00. The third kappa shape index (κ3) is 3.73. The third-order valence-corrected chi connectivity index (χ3v) is 3.59. The average Bonchev–Trinajstić information content (AvgIpc) is 2.41. The lowest BCUT2D eigenvalue weighted by atomic mass is 9.96. The quantitative estimate of drug-likeness (QED) is 0.793. The molecule has 0 atom stereocenters. The summed E-state index contributed by atoms with van der Waals surface area (Å²) in [5.74, 6) is -1.04. The van der Waals surface area contributed by atoms with Gasteiger partial charge in [0.1, 0.15) is 0 Å². The normalized spacial score (nSPS) is 15.7. The number of hydrogen-bond donors (Lipinski definition) is 3. The Hall–Kier alpha value is -2.04. The van der Waals surface area contributed by atoms with Crippen LogP contribution in [0.3, 0.4) is 0 Å². The summed E-state index contributed by atoms with van der Waals surface area (Å²) in [5, 5.41) is 14.7. The summed E-state index contributed by atoms with van der Waals surface area (Å²) in [7, 11) is 0. The molecule has 0 aliphatic heterocycles. The molecule has 0 heterocycles. The minimum Gasteiger partial charge on any atom is -0.478 e. The molecule has 0 radical (unpaired) electrons. The van der Waals surface area contributed by atoms with Gasteiger partial charge >= 0.3 is 12.0 Å². The van der Waals surface area contributed by atoms with Crippen molar-refractivity contribution in [1.29, 1.82) is 0 Å². The van der Waals surface area contributed by atoms with Crippen LogP contribution in [0.25, 0.3) is 0 Å². The standard InChI is InChI=1S/C15H20N2O3/c1-10-7-8-13(12(9-10)14(18)19)17-15(20)16-11-5-3-2-4-6-11/h7-9,11H,2-6H2,1H3,(H,18,19)(H2,16,17,20). The molecule has 5 nitrogen and oxygen atoms in total. The minimum absolute atomic E-state index is 0.115.